The van der Waals surface area contributed by atoms with Gasteiger partial charge in [0, 0.05) is 43.3 Å². The van der Waals surface area contributed by atoms with E-state index >= 15 is 0 Å². The molecule has 0 atom stereocenters. The molecule has 1 heterocycles. The van der Waals surface area contributed by atoms with Crippen LogP contribution < -0.4 is 5.32 Å². The predicted octanol–water partition coefficient (Wildman–Crippen LogP) is 4.17. The van der Waals surface area contributed by atoms with Gasteiger partial charge in [-0.25, -0.2) is 13.2 Å². The van der Waals surface area contributed by atoms with E-state index in [0.29, 0.717) is 5.69 Å². The zero-order chi connectivity index (χ0) is 23.1. The van der Waals surface area contributed by atoms with Crippen LogP contribution in [0.15, 0.2) is 24.3 Å². The van der Waals surface area contributed by atoms with E-state index in [9.17, 15) is 27.6 Å². The fraction of sp³-hybridized carbons (Fsp3) is 0.364. The Labute approximate surface area is 176 Å². The van der Waals surface area contributed by atoms with Crippen molar-refractivity contribution in [3.05, 3.63) is 52.6 Å². The van der Waals surface area contributed by atoms with Crippen LogP contribution >= 0.6 is 0 Å². The summed E-state index contributed by atoms with van der Waals surface area (Å²) in [6.45, 7) is 3.10. The van der Waals surface area contributed by atoms with Gasteiger partial charge in [-0.15, -0.1) is 0 Å². The van der Waals surface area contributed by atoms with Crippen LogP contribution in [-0.2, 0) is 11.8 Å². The average Bonchev–Trinajstić information content (AvgIpc) is 2.95. The number of nitriles is 1. The Kier molecular flexibility index (Phi) is 5.53. The maximum Gasteiger partial charge on any atom is 0.272 e. The van der Waals surface area contributed by atoms with Crippen molar-refractivity contribution in [3.8, 4) is 6.07 Å². The summed E-state index contributed by atoms with van der Waals surface area (Å²) in [5.41, 5.74) is -0.520. The van der Waals surface area contributed by atoms with Gasteiger partial charge in [0.05, 0.1) is 5.56 Å². The van der Waals surface area contributed by atoms with Gasteiger partial charge in [0.15, 0.2) is 0 Å². The summed E-state index contributed by atoms with van der Waals surface area (Å²) < 4.78 is 41.2. The first-order valence-corrected chi connectivity index (χ1v) is 9.48. The third kappa shape index (κ3) is 4.38. The van der Waals surface area contributed by atoms with Gasteiger partial charge in [-0.1, -0.05) is 6.92 Å². The molecular formula is C22H20F3N3O3. The molecule has 2 aromatic rings. The second kappa shape index (κ2) is 7.69. The highest BCUT2D eigenvalue weighted by Crippen LogP contribution is 2.53. The number of alkyl halides is 2. The summed E-state index contributed by atoms with van der Waals surface area (Å²) in [7, 11) is 1.53. The quantitative estimate of drug-likeness (QED) is 0.549. The first-order valence-electron chi connectivity index (χ1n) is 9.48. The highest BCUT2D eigenvalue weighted by molar-refractivity contribution is 6.44. The van der Waals surface area contributed by atoms with Crippen LogP contribution in [-0.4, -0.2) is 28.0 Å². The van der Waals surface area contributed by atoms with Crippen LogP contribution in [0.2, 0.25) is 0 Å². The number of hydrogen-bond donors (Lipinski definition) is 1. The maximum atomic E-state index is 13.5. The minimum Gasteiger partial charge on any atom is -0.343 e. The number of rotatable bonds is 6. The predicted molar refractivity (Wildman–Crippen MR) is 105 cm³/mol. The Balaban J connectivity index is 1.78. The monoisotopic (exact) mass is 431 g/mol. The first-order chi connectivity index (χ1) is 14.4. The Morgan fingerprint density at radius 1 is 1.23 bits per heavy atom. The number of amides is 1. The van der Waals surface area contributed by atoms with Crippen LogP contribution in [0.25, 0.3) is 0 Å². The molecule has 1 aliphatic rings. The topological polar surface area (TPSA) is 92.0 Å². The van der Waals surface area contributed by atoms with Crippen molar-refractivity contribution in [2.24, 2.45) is 12.5 Å². The van der Waals surface area contributed by atoms with Crippen LogP contribution in [0.4, 0.5) is 18.9 Å². The van der Waals surface area contributed by atoms with Crippen LogP contribution in [0.5, 0.6) is 0 Å². The molecule has 1 N–H and O–H groups in total. The van der Waals surface area contributed by atoms with E-state index in [-0.39, 0.29) is 28.9 Å². The van der Waals surface area contributed by atoms with Gasteiger partial charge in [-0.05, 0) is 36.6 Å². The van der Waals surface area contributed by atoms with Crippen molar-refractivity contribution in [2.75, 3.05) is 5.32 Å². The van der Waals surface area contributed by atoms with Crippen LogP contribution in [0.1, 0.15) is 58.3 Å². The lowest BCUT2D eigenvalue weighted by Gasteiger charge is -2.44. The lowest BCUT2D eigenvalue weighted by molar-refractivity contribution is -0.159. The Morgan fingerprint density at radius 3 is 2.45 bits per heavy atom. The fourth-order valence-corrected chi connectivity index (χ4v) is 3.97. The summed E-state index contributed by atoms with van der Waals surface area (Å²) >= 11 is 0. The van der Waals surface area contributed by atoms with Gasteiger partial charge in [-0.3, -0.25) is 14.4 Å². The number of carbonyl (C=O) groups excluding carboxylic acids is 3. The van der Waals surface area contributed by atoms with E-state index in [1.54, 1.807) is 19.9 Å². The average molecular weight is 431 g/mol. The summed E-state index contributed by atoms with van der Waals surface area (Å²) in [6.07, 6.45) is -1.17. The standard InChI is InChI=1S/C22H20F3N3O3/c1-12-15(19(30)18(29)8-21(2)10-22(24,25)11-21)7-17(28(12)3)20(31)27-14-4-5-16(23)13(6-14)9-26/h4-7H,8,10-11H2,1-3H3,(H,27,31). The number of nitrogens with zero attached hydrogens (tertiary/aromatic N) is 2. The van der Waals surface area contributed by atoms with Gasteiger partial charge >= 0.3 is 0 Å². The first kappa shape index (κ1) is 22.3. The number of nitrogens with one attached hydrogen (secondary N) is 1. The molecule has 1 aliphatic carbocycles. The third-order valence-corrected chi connectivity index (χ3v) is 5.57. The van der Waals surface area contributed by atoms with Crippen molar-refractivity contribution in [1.82, 2.24) is 4.57 Å². The van der Waals surface area contributed by atoms with E-state index < -0.39 is 47.5 Å². The Morgan fingerprint density at radius 2 is 1.87 bits per heavy atom. The Bertz CT molecular complexity index is 1140. The smallest absolute Gasteiger partial charge is 0.272 e. The molecule has 1 aromatic carbocycles. The molecule has 1 amide bonds. The normalized spacial score (nSPS) is 16.2. The lowest BCUT2D eigenvalue weighted by Crippen LogP contribution is -2.45. The molecule has 0 bridgehead atoms. The summed E-state index contributed by atoms with van der Waals surface area (Å²) in [5.74, 6) is -5.77. The molecule has 162 valence electrons. The largest absolute Gasteiger partial charge is 0.343 e. The number of halogens is 3. The second-order valence-electron chi connectivity index (χ2n) is 8.30. The van der Waals surface area contributed by atoms with Crippen molar-refractivity contribution in [3.63, 3.8) is 0 Å². The summed E-state index contributed by atoms with van der Waals surface area (Å²) in [5, 5.41) is 11.4. The van der Waals surface area contributed by atoms with E-state index in [4.69, 9.17) is 5.26 Å². The number of anilines is 1. The van der Waals surface area contributed by atoms with Gasteiger partial charge in [-0.2, -0.15) is 5.26 Å². The number of Topliss-reactive ketones (excluding diaryl/α,β-unsaturated/α-hetero) is 2. The number of aromatic nitrogens is 1. The number of hydrogen-bond acceptors (Lipinski definition) is 4. The van der Waals surface area contributed by atoms with E-state index in [1.165, 1.54) is 29.8 Å². The van der Waals surface area contributed by atoms with E-state index in [0.717, 1.165) is 6.07 Å². The van der Waals surface area contributed by atoms with Crippen molar-refractivity contribution in [1.29, 1.82) is 5.26 Å². The molecule has 1 aromatic heterocycles. The third-order valence-electron chi connectivity index (χ3n) is 5.57. The maximum absolute atomic E-state index is 13.5. The summed E-state index contributed by atoms with van der Waals surface area (Å²) in [4.78, 5) is 37.7. The van der Waals surface area contributed by atoms with Crippen molar-refractivity contribution in [2.45, 2.75) is 39.0 Å². The molecule has 0 aliphatic heterocycles. The van der Waals surface area contributed by atoms with Gasteiger partial charge in [0.25, 0.3) is 5.91 Å². The lowest BCUT2D eigenvalue weighted by atomic mass is 9.64. The number of ketones is 2. The van der Waals surface area contributed by atoms with Crippen LogP contribution in [0.3, 0.4) is 0 Å². The minimum atomic E-state index is -2.81. The summed E-state index contributed by atoms with van der Waals surface area (Å²) in [6, 6.07) is 6.44. The van der Waals surface area contributed by atoms with Gasteiger partial charge in [0.1, 0.15) is 17.6 Å². The zero-order valence-electron chi connectivity index (χ0n) is 17.2. The van der Waals surface area contributed by atoms with Gasteiger partial charge < -0.3 is 9.88 Å². The SMILES string of the molecule is Cc1c(C(=O)C(=O)CC2(C)CC(F)(F)C2)cc(C(=O)Nc2ccc(F)c(C#N)c2)n1C. The molecule has 0 spiro atoms. The molecule has 0 unspecified atom stereocenters. The highest BCUT2D eigenvalue weighted by atomic mass is 19.3. The molecule has 9 heteroatoms. The molecule has 6 nitrogen and oxygen atoms in total. The van der Waals surface area contributed by atoms with Crippen molar-refractivity contribution < 1.29 is 27.6 Å². The van der Waals surface area contributed by atoms with Gasteiger partial charge in [0.2, 0.25) is 17.5 Å². The molecule has 0 radical (unpaired) electrons. The molecule has 0 saturated heterocycles. The minimum absolute atomic E-state index is 0.0177. The van der Waals surface area contributed by atoms with Crippen LogP contribution in [0, 0.1) is 29.5 Å². The van der Waals surface area contributed by atoms with E-state index in [1.807, 2.05) is 0 Å². The number of carbonyl (C=O) groups is 3. The Hall–Kier alpha value is -3.41. The molecular weight excluding hydrogens is 411 g/mol. The zero-order valence-corrected chi connectivity index (χ0v) is 17.2. The highest BCUT2D eigenvalue weighted by Gasteiger charge is 2.54. The molecule has 3 rings (SSSR count). The number of benzene rings is 1. The van der Waals surface area contributed by atoms with Crippen molar-refractivity contribution >= 4 is 23.2 Å². The fourth-order valence-electron chi connectivity index (χ4n) is 3.97. The molecule has 31 heavy (non-hydrogen) atoms. The molecule has 1 saturated carbocycles. The van der Waals surface area contributed by atoms with E-state index in [2.05, 4.69) is 5.32 Å². The second-order valence-corrected chi connectivity index (χ2v) is 8.30. The molecule has 1 fully saturated rings.